The van der Waals surface area contributed by atoms with Crippen molar-refractivity contribution in [1.29, 1.82) is 0 Å². The second-order valence-electron chi connectivity index (χ2n) is 12.8. The lowest BCUT2D eigenvalue weighted by Crippen LogP contribution is -2.12. The van der Waals surface area contributed by atoms with Gasteiger partial charge in [-0.2, -0.15) is 0 Å². The van der Waals surface area contributed by atoms with Gasteiger partial charge in [-0.25, -0.2) is 0 Å². The molecule has 11 aromatic rings. The Balaban J connectivity index is 1.26. The number of anilines is 3. The molecule has 8 aromatic carbocycles. The molecular formula is C46H27NO2S. The van der Waals surface area contributed by atoms with Gasteiger partial charge < -0.3 is 13.7 Å². The summed E-state index contributed by atoms with van der Waals surface area (Å²) in [5, 5.41) is 9.17. The van der Waals surface area contributed by atoms with E-state index in [1.165, 1.54) is 25.7 Å². The summed E-state index contributed by atoms with van der Waals surface area (Å²) in [5.41, 5.74) is 8.88. The van der Waals surface area contributed by atoms with Crippen molar-refractivity contribution >= 4 is 103 Å². The largest absolute Gasteiger partial charge is 0.455 e. The van der Waals surface area contributed by atoms with Crippen LogP contribution in [0.15, 0.2) is 173 Å². The van der Waals surface area contributed by atoms with Gasteiger partial charge in [0.05, 0.1) is 22.4 Å². The average Bonchev–Trinajstić information content (AvgIpc) is 3.87. The van der Waals surface area contributed by atoms with Crippen LogP contribution < -0.4 is 4.90 Å². The van der Waals surface area contributed by atoms with Crippen LogP contribution in [0.25, 0.3) is 85.9 Å². The highest BCUT2D eigenvalue weighted by molar-refractivity contribution is 7.26. The molecule has 4 heteroatoms. The molecule has 0 radical (unpaired) electrons. The topological polar surface area (TPSA) is 29.5 Å². The summed E-state index contributed by atoms with van der Waals surface area (Å²) >= 11 is 1.86. The van der Waals surface area contributed by atoms with Crippen molar-refractivity contribution in [1.82, 2.24) is 0 Å². The van der Waals surface area contributed by atoms with Crippen LogP contribution in [0.4, 0.5) is 17.1 Å². The fourth-order valence-corrected chi connectivity index (χ4v) is 9.11. The predicted octanol–water partition coefficient (Wildman–Crippen LogP) is 14.1. The summed E-state index contributed by atoms with van der Waals surface area (Å²) in [7, 11) is 0. The smallest absolute Gasteiger partial charge is 0.159 e. The van der Waals surface area contributed by atoms with Crippen LogP contribution in [0.5, 0.6) is 0 Å². The summed E-state index contributed by atoms with van der Waals surface area (Å²) < 4.78 is 16.0. The van der Waals surface area contributed by atoms with Gasteiger partial charge in [0.25, 0.3) is 0 Å². The van der Waals surface area contributed by atoms with Crippen LogP contribution in [-0.2, 0) is 0 Å². The zero-order valence-corrected chi connectivity index (χ0v) is 27.6. The fraction of sp³-hybridized carbons (Fsp3) is 0. The highest BCUT2D eigenvalue weighted by Gasteiger charge is 2.26. The van der Waals surface area contributed by atoms with E-state index in [2.05, 4.69) is 163 Å². The van der Waals surface area contributed by atoms with Gasteiger partial charge in [-0.3, -0.25) is 0 Å². The second kappa shape index (κ2) is 10.6. The molecule has 234 valence electrons. The molecule has 0 aliphatic carbocycles. The SMILES string of the molecule is c1ccc(N(c2cccc3c2oc2ccccc23)c2cccc3oc4c5ccccc5ccc4c23)c(-c2cccc3c2sc2ccccc23)c1. The Morgan fingerprint density at radius 3 is 1.98 bits per heavy atom. The first-order valence-corrected chi connectivity index (χ1v) is 17.7. The zero-order chi connectivity index (χ0) is 32.8. The molecule has 0 amide bonds. The molecule has 50 heavy (non-hydrogen) atoms. The number of nitrogens with zero attached hydrogens (tertiary/aromatic N) is 1. The van der Waals surface area contributed by atoms with Gasteiger partial charge in [0.2, 0.25) is 0 Å². The van der Waals surface area contributed by atoms with Crippen LogP contribution in [-0.4, -0.2) is 0 Å². The molecule has 0 bridgehead atoms. The predicted molar refractivity (Wildman–Crippen MR) is 212 cm³/mol. The summed E-state index contributed by atoms with van der Waals surface area (Å²) in [5.74, 6) is 0. The van der Waals surface area contributed by atoms with E-state index in [0.717, 1.165) is 77.3 Å². The molecule has 0 unspecified atom stereocenters. The minimum absolute atomic E-state index is 0.846. The van der Waals surface area contributed by atoms with Crippen molar-refractivity contribution < 1.29 is 8.83 Å². The van der Waals surface area contributed by atoms with E-state index in [9.17, 15) is 0 Å². The molecule has 0 saturated heterocycles. The number of hydrogen-bond acceptors (Lipinski definition) is 4. The van der Waals surface area contributed by atoms with Gasteiger partial charge in [0.15, 0.2) is 5.58 Å². The maximum absolute atomic E-state index is 6.74. The van der Waals surface area contributed by atoms with Crippen molar-refractivity contribution in [3.8, 4) is 11.1 Å². The van der Waals surface area contributed by atoms with Crippen molar-refractivity contribution in [3.63, 3.8) is 0 Å². The Bertz CT molecular complexity index is 3130. The Hall–Kier alpha value is -6.36. The molecule has 0 aliphatic rings. The van der Waals surface area contributed by atoms with Crippen molar-refractivity contribution in [2.45, 2.75) is 0 Å². The van der Waals surface area contributed by atoms with Gasteiger partial charge in [-0.05, 0) is 47.9 Å². The van der Waals surface area contributed by atoms with Crippen LogP contribution in [0.2, 0.25) is 0 Å². The van der Waals surface area contributed by atoms with Gasteiger partial charge >= 0.3 is 0 Å². The Morgan fingerprint density at radius 2 is 1.02 bits per heavy atom. The summed E-state index contributed by atoms with van der Waals surface area (Å²) in [6.07, 6.45) is 0. The number of rotatable bonds is 4. The Labute approximate surface area is 290 Å². The normalized spacial score (nSPS) is 12.0. The molecule has 11 rings (SSSR count). The first-order valence-electron chi connectivity index (χ1n) is 16.8. The van der Waals surface area contributed by atoms with E-state index in [1.54, 1.807) is 0 Å². The number of furan rings is 2. The standard InChI is InChI=1S/C46H27NO2S/c1-2-13-29-28(12-1)26-27-36-43-38(21-11-24-41(43)49-44(29)36)47(39-22-10-17-33-31-15-4-7-23-40(31)48-45(33)39)37-20-6-3-14-30(37)34-18-9-19-35-32-16-5-8-25-42(32)50-46(34)35/h1-27H. The molecule has 0 aliphatic heterocycles. The minimum atomic E-state index is 0.846. The van der Waals surface area contributed by atoms with Crippen LogP contribution in [0, 0.1) is 0 Å². The summed E-state index contributed by atoms with van der Waals surface area (Å²) in [6.45, 7) is 0. The van der Waals surface area contributed by atoms with Crippen molar-refractivity contribution in [2.24, 2.45) is 0 Å². The number of para-hydroxylation sites is 3. The first kappa shape index (κ1) is 27.6. The number of thiophene rings is 1. The van der Waals surface area contributed by atoms with Gasteiger partial charge in [-0.15, -0.1) is 11.3 Å². The molecule has 0 N–H and O–H groups in total. The average molecular weight is 658 g/mol. The number of fused-ring (bicyclic) bond motifs is 11. The van der Waals surface area contributed by atoms with E-state index < -0.39 is 0 Å². The van der Waals surface area contributed by atoms with E-state index in [1.807, 2.05) is 17.4 Å². The molecule has 0 atom stereocenters. The lowest BCUT2D eigenvalue weighted by atomic mass is 9.98. The molecule has 0 fully saturated rings. The zero-order valence-electron chi connectivity index (χ0n) is 26.8. The quantitative estimate of drug-likeness (QED) is 0.189. The van der Waals surface area contributed by atoms with E-state index >= 15 is 0 Å². The van der Waals surface area contributed by atoms with Crippen LogP contribution in [0.3, 0.4) is 0 Å². The van der Waals surface area contributed by atoms with Crippen molar-refractivity contribution in [3.05, 3.63) is 164 Å². The monoisotopic (exact) mass is 657 g/mol. The Morgan fingerprint density at radius 1 is 0.380 bits per heavy atom. The van der Waals surface area contributed by atoms with E-state index in [4.69, 9.17) is 8.83 Å². The summed E-state index contributed by atoms with van der Waals surface area (Å²) in [4.78, 5) is 2.39. The van der Waals surface area contributed by atoms with Crippen LogP contribution >= 0.6 is 11.3 Å². The van der Waals surface area contributed by atoms with Gasteiger partial charge in [0, 0.05) is 52.8 Å². The van der Waals surface area contributed by atoms with Crippen LogP contribution in [0.1, 0.15) is 0 Å². The Kier molecular flexibility index (Phi) is 5.83. The third-order valence-corrected chi connectivity index (χ3v) is 11.3. The minimum Gasteiger partial charge on any atom is -0.455 e. The van der Waals surface area contributed by atoms with Gasteiger partial charge in [-0.1, -0.05) is 121 Å². The third-order valence-electron chi connectivity index (χ3n) is 10.1. The lowest BCUT2D eigenvalue weighted by molar-refractivity contribution is 0.669. The molecule has 0 saturated carbocycles. The number of hydrogen-bond donors (Lipinski definition) is 0. The highest BCUT2D eigenvalue weighted by atomic mass is 32.1. The van der Waals surface area contributed by atoms with E-state index in [-0.39, 0.29) is 0 Å². The second-order valence-corrected chi connectivity index (χ2v) is 13.9. The van der Waals surface area contributed by atoms with Gasteiger partial charge in [0.1, 0.15) is 16.7 Å². The highest BCUT2D eigenvalue weighted by Crippen LogP contribution is 2.50. The number of benzene rings is 8. The maximum atomic E-state index is 6.74. The third kappa shape index (κ3) is 3.91. The maximum Gasteiger partial charge on any atom is 0.159 e. The molecule has 3 heterocycles. The molecule has 3 nitrogen and oxygen atoms in total. The van der Waals surface area contributed by atoms with E-state index in [0.29, 0.717) is 0 Å². The molecular weight excluding hydrogens is 631 g/mol. The molecule has 0 spiro atoms. The molecule has 3 aromatic heterocycles. The lowest BCUT2D eigenvalue weighted by Gasteiger charge is -2.28. The fourth-order valence-electron chi connectivity index (χ4n) is 7.87. The first-order chi connectivity index (χ1) is 24.8. The van der Waals surface area contributed by atoms with Crippen molar-refractivity contribution in [2.75, 3.05) is 4.90 Å². The summed E-state index contributed by atoms with van der Waals surface area (Å²) in [6, 6.07) is 58.2.